The van der Waals surface area contributed by atoms with Crippen LogP contribution in [-0.2, 0) is 66.9 Å². The Balaban J connectivity index is -0.0000000697. The second-order valence-corrected chi connectivity index (χ2v) is 16.5. The van der Waals surface area contributed by atoms with Crippen molar-refractivity contribution in [2.45, 2.75) is 0 Å². The van der Waals surface area contributed by atoms with Crippen LogP contribution in [0.25, 0.3) is 0 Å². The standard InChI is InChI=1S/5In.3H5O10P3/c;;;;;3*1-11(2,3)9-13(7,8)10-12(4,5)6/h;;;;;3*(H,7,8)(H2,1,2,3)(H2,4,5,6)/q5*+3;;;/p-15. The van der Waals surface area contributed by atoms with Gasteiger partial charge in [0.25, 0.3) is 23.5 Å². The van der Waals surface area contributed by atoms with E-state index >= 15 is 0 Å². The Morgan fingerprint density at radius 2 is 0.295 bits per heavy atom. The molecule has 0 heterocycles. The van der Waals surface area contributed by atoms with Gasteiger partial charge in [0.05, 0.1) is 46.9 Å². The van der Waals surface area contributed by atoms with Crippen LogP contribution in [0.3, 0.4) is 0 Å². The molecule has 0 fully saturated rings. The Kier molecular flexibility index (Phi) is 39.3. The van der Waals surface area contributed by atoms with E-state index in [1.54, 1.807) is 0 Å². The molecule has 0 aromatic rings. The first-order chi connectivity index (χ1) is 16.2. The molecular weight excluding hydrogens is 1330 g/mol. The van der Waals surface area contributed by atoms with Crippen LogP contribution in [0, 0.1) is 0 Å². The SMILES string of the molecule is O=P([O-])([O-])OP(=O)([O-])OP(=O)([O-])[O-].O=P([O-])([O-])OP(=O)([O-])OP(=O)([O-])[O-].O=P([O-])([O-])OP(=O)([O-])OP(=O)([O-])[O-].[In+3].[In+3].[In+3].[In+3].[In+3]. The van der Waals surface area contributed by atoms with E-state index in [0.29, 0.717) is 0 Å². The van der Waals surface area contributed by atoms with Crippen molar-refractivity contribution in [1.82, 2.24) is 0 Å². The summed E-state index contributed by atoms with van der Waals surface area (Å²) in [6.45, 7) is 0. The Bertz CT molecular complexity index is 991. The minimum atomic E-state index is -5.97. The van der Waals surface area contributed by atoms with Gasteiger partial charge in [-0.05, 0) is 0 Å². The third-order valence-electron chi connectivity index (χ3n) is 1.20. The molecule has 0 aromatic carbocycles. The van der Waals surface area contributed by atoms with Crippen LogP contribution in [0.5, 0.6) is 0 Å². The predicted octanol–water partition coefficient (Wildman–Crippen LogP) is -13.5. The van der Waals surface area contributed by atoms with Gasteiger partial charge in [0, 0.05) is 0 Å². The Morgan fingerprint density at radius 1 is 0.227 bits per heavy atom. The maximum atomic E-state index is 10.1. The minimum Gasteiger partial charge on any atom is -0.790 e. The quantitative estimate of drug-likeness (QED) is 0.164. The fourth-order valence-corrected chi connectivity index (χ4v) is 7.82. The Labute approximate surface area is 335 Å². The van der Waals surface area contributed by atoms with Crippen LogP contribution in [-0.4, -0.2) is 129 Å². The molecule has 0 saturated heterocycles. The maximum Gasteiger partial charge on any atom is 3.00 e. The molecule has 0 amide bonds. The maximum absolute atomic E-state index is 10.1. The number of hydrogen-bond acceptors (Lipinski definition) is 30. The van der Waals surface area contributed by atoms with E-state index in [1.165, 1.54) is 0 Å². The van der Waals surface area contributed by atoms with Gasteiger partial charge in [0.1, 0.15) is 0 Å². The van der Waals surface area contributed by atoms with Crippen molar-refractivity contribution in [2.24, 2.45) is 0 Å². The summed E-state index contributed by atoms with van der Waals surface area (Å²) in [4.78, 5) is 146. The molecule has 0 unspecified atom stereocenters. The molecule has 44 heteroatoms. The topological polar surface area (TPSA) is 555 Å². The predicted molar refractivity (Wildman–Crippen MR) is 104 cm³/mol. The molecule has 0 aliphatic carbocycles. The van der Waals surface area contributed by atoms with Crippen molar-refractivity contribution in [3.63, 3.8) is 0 Å². The minimum absolute atomic E-state index is 0. The van der Waals surface area contributed by atoms with Crippen LogP contribution in [0.2, 0.25) is 0 Å². The molecule has 30 nitrogen and oxygen atoms in total. The smallest absolute Gasteiger partial charge is 0.790 e. The summed E-state index contributed by atoms with van der Waals surface area (Å²) in [6, 6.07) is 0. The van der Waals surface area contributed by atoms with E-state index in [1.807, 2.05) is 0 Å². The van der Waals surface area contributed by atoms with E-state index in [0.717, 1.165) is 0 Å². The molecule has 0 bridgehead atoms. The average Bonchev–Trinajstić information content (AvgIpc) is 2.28. The molecule has 0 radical (unpaired) electrons. The van der Waals surface area contributed by atoms with E-state index in [2.05, 4.69) is 25.9 Å². The van der Waals surface area contributed by atoms with E-state index in [-0.39, 0.29) is 129 Å². The zero-order chi connectivity index (χ0) is 32.7. The molecule has 0 aliphatic heterocycles. The largest absolute Gasteiger partial charge is 3.00 e. The molecule has 0 aliphatic rings. The van der Waals surface area contributed by atoms with Crippen LogP contribution in [0.1, 0.15) is 0 Å². The van der Waals surface area contributed by atoms with Crippen LogP contribution < -0.4 is 73.4 Å². The third kappa shape index (κ3) is 59.7. The molecule has 0 spiro atoms. The van der Waals surface area contributed by atoms with Crippen LogP contribution >= 0.6 is 70.4 Å². The van der Waals surface area contributed by atoms with Gasteiger partial charge in [-0.3, -0.25) is 39.6 Å². The molecule has 240 valence electrons. The molecule has 0 N–H and O–H groups in total. The summed E-state index contributed by atoms with van der Waals surface area (Å²) in [6.07, 6.45) is 0. The van der Waals surface area contributed by atoms with Crippen LogP contribution in [0.4, 0.5) is 0 Å². The fraction of sp³-hybridized carbons (Fsp3) is 0. The number of rotatable bonds is 12. The summed E-state index contributed by atoms with van der Waals surface area (Å²) < 4.78 is 104. The fourth-order valence-electron chi connectivity index (χ4n) is 0.780. The first-order valence-corrected chi connectivity index (χ1v) is 19.7. The summed E-state index contributed by atoms with van der Waals surface area (Å²) in [5.74, 6) is 0. The summed E-state index contributed by atoms with van der Waals surface area (Å²) in [5.41, 5.74) is 0. The molecule has 44 heavy (non-hydrogen) atoms. The first-order valence-electron chi connectivity index (χ1n) is 6.57. The van der Waals surface area contributed by atoms with Crippen molar-refractivity contribution in [2.75, 3.05) is 0 Å². The first kappa shape index (κ1) is 67.7. The zero-order valence-electron chi connectivity index (χ0n) is 19.2. The molecular formula is In5O30P9. The monoisotopic (exact) mass is 1330 g/mol. The third-order valence-corrected chi connectivity index (χ3v) is 10.8. The number of phosphoric acid groups is 9. The molecule has 0 aromatic heterocycles. The van der Waals surface area contributed by atoms with Gasteiger partial charge < -0.3 is 101 Å². The van der Waals surface area contributed by atoms with Crippen molar-refractivity contribution < 1.29 is 140 Å². The van der Waals surface area contributed by atoms with Crippen molar-refractivity contribution in [3.05, 3.63) is 0 Å². The molecule has 0 rings (SSSR count). The summed E-state index contributed by atoms with van der Waals surface area (Å²) in [7, 11) is -53.7. The Hall–Kier alpha value is 5.58. The van der Waals surface area contributed by atoms with Gasteiger partial charge in [0.15, 0.2) is 0 Å². The van der Waals surface area contributed by atoms with Gasteiger partial charge in [-0.25, -0.2) is 0 Å². The van der Waals surface area contributed by atoms with Crippen molar-refractivity contribution in [3.8, 4) is 0 Å². The van der Waals surface area contributed by atoms with Crippen LogP contribution in [0.15, 0.2) is 0 Å². The summed E-state index contributed by atoms with van der Waals surface area (Å²) >= 11 is 0. The van der Waals surface area contributed by atoms with Crippen molar-refractivity contribution in [1.29, 1.82) is 0 Å². The van der Waals surface area contributed by atoms with E-state index < -0.39 is 70.4 Å². The van der Waals surface area contributed by atoms with Gasteiger partial charge in [-0.15, -0.1) is 0 Å². The van der Waals surface area contributed by atoms with E-state index in [9.17, 15) is 114 Å². The second-order valence-electron chi connectivity index (χ2n) is 4.51. The normalized spacial score (nSPS) is 12.9. The van der Waals surface area contributed by atoms with Gasteiger partial charge in [0.2, 0.25) is 0 Å². The van der Waals surface area contributed by atoms with Gasteiger partial charge in [-0.1, -0.05) is 0 Å². The number of hydrogen-bond donors (Lipinski definition) is 0. The zero-order valence-corrected chi connectivity index (χ0v) is 43.7. The second kappa shape index (κ2) is 25.6. The summed E-state index contributed by atoms with van der Waals surface area (Å²) in [5, 5.41) is 0. The van der Waals surface area contributed by atoms with Gasteiger partial charge >= 0.3 is 129 Å². The van der Waals surface area contributed by atoms with E-state index in [4.69, 9.17) is 0 Å². The molecule has 0 atom stereocenters. The van der Waals surface area contributed by atoms with Crippen molar-refractivity contribution >= 4 is 200 Å². The molecule has 0 saturated carbocycles. The average molecular weight is 1330 g/mol. The van der Waals surface area contributed by atoms with Gasteiger partial charge in [-0.2, -0.15) is 0 Å². The Morgan fingerprint density at radius 3 is 0.341 bits per heavy atom.